The van der Waals surface area contributed by atoms with Crippen LogP contribution in [0.5, 0.6) is 5.88 Å². The van der Waals surface area contributed by atoms with E-state index in [-0.39, 0.29) is 47.5 Å². The number of hydrogen-bond acceptors (Lipinski definition) is 8. The third-order valence-corrected chi connectivity index (χ3v) is 8.31. The van der Waals surface area contributed by atoms with Crippen molar-refractivity contribution in [3.05, 3.63) is 42.1 Å². The van der Waals surface area contributed by atoms with Crippen molar-refractivity contribution in [1.29, 1.82) is 0 Å². The van der Waals surface area contributed by atoms with Crippen LogP contribution in [-0.2, 0) is 20.9 Å². The van der Waals surface area contributed by atoms with Gasteiger partial charge in [-0.05, 0) is 36.7 Å². The molecule has 6 rings (SSSR count). The molecule has 4 aliphatic rings. The zero-order chi connectivity index (χ0) is 30.4. The molecule has 4 aliphatic heterocycles. The summed E-state index contributed by atoms with van der Waals surface area (Å²) in [4.78, 5) is 58.2. The van der Waals surface area contributed by atoms with Crippen molar-refractivity contribution >= 4 is 17.7 Å². The number of aromatic nitrogens is 3. The molecule has 0 aromatic carbocycles. The number of imidazole rings is 1. The molecular weight excluding hydrogens is 550 g/mol. The van der Waals surface area contributed by atoms with Crippen LogP contribution in [0, 0.1) is 11.3 Å². The number of H-pyrrole nitrogens is 1. The number of piperidine rings is 1. The van der Waals surface area contributed by atoms with Gasteiger partial charge in [-0.3, -0.25) is 19.3 Å². The molecule has 2 fully saturated rings. The lowest BCUT2D eigenvalue weighted by Crippen LogP contribution is -2.49. The van der Waals surface area contributed by atoms with Crippen molar-refractivity contribution in [1.82, 2.24) is 35.0 Å². The normalized spacial score (nSPS) is 24.8. The summed E-state index contributed by atoms with van der Waals surface area (Å²) in [6.45, 7) is 10.7. The molecule has 2 saturated heterocycles. The fraction of sp³-hybridized carbons (Fsp3) is 0.645. The van der Waals surface area contributed by atoms with Crippen molar-refractivity contribution in [3.8, 4) is 5.88 Å². The summed E-state index contributed by atoms with van der Waals surface area (Å²) in [7, 11) is 0. The van der Waals surface area contributed by atoms with Gasteiger partial charge >= 0.3 is 0 Å². The van der Waals surface area contributed by atoms with Gasteiger partial charge in [0.1, 0.15) is 18.1 Å². The number of carbonyl (C=O) groups is 3. The van der Waals surface area contributed by atoms with Crippen LogP contribution in [0.3, 0.4) is 0 Å². The van der Waals surface area contributed by atoms with Crippen LogP contribution in [0.2, 0.25) is 0 Å². The number of fused-ring (bicyclic) bond motifs is 10. The van der Waals surface area contributed by atoms with Crippen molar-refractivity contribution < 1.29 is 23.9 Å². The highest BCUT2D eigenvalue weighted by atomic mass is 16.5. The molecule has 0 radical (unpaired) electrons. The Labute approximate surface area is 253 Å². The molecule has 2 aromatic rings. The monoisotopic (exact) mass is 595 g/mol. The topological polar surface area (TPSA) is 133 Å². The Kier molecular flexibility index (Phi) is 9.97. The molecule has 3 amide bonds. The molecule has 12 nitrogen and oxygen atoms in total. The molecule has 43 heavy (non-hydrogen) atoms. The van der Waals surface area contributed by atoms with Gasteiger partial charge in [0, 0.05) is 63.6 Å². The first kappa shape index (κ1) is 30.9. The van der Waals surface area contributed by atoms with Gasteiger partial charge in [0.2, 0.25) is 17.7 Å². The molecule has 0 spiro atoms. The summed E-state index contributed by atoms with van der Waals surface area (Å²) in [6, 6.07) is 4.51. The van der Waals surface area contributed by atoms with Gasteiger partial charge in [-0.2, -0.15) is 0 Å². The van der Waals surface area contributed by atoms with Gasteiger partial charge in [0.05, 0.1) is 25.8 Å². The predicted molar refractivity (Wildman–Crippen MR) is 159 cm³/mol. The average molecular weight is 596 g/mol. The van der Waals surface area contributed by atoms with E-state index in [4.69, 9.17) is 9.47 Å². The first-order valence-electron chi connectivity index (χ1n) is 15.4. The summed E-state index contributed by atoms with van der Waals surface area (Å²) in [5.41, 5.74) is 0.147. The number of carbonyl (C=O) groups excluding carboxylic acids is 3. The van der Waals surface area contributed by atoms with E-state index in [1.807, 2.05) is 9.80 Å². The minimum absolute atomic E-state index is 0.0789. The molecule has 2 atom stereocenters. The number of nitrogens with one attached hydrogen (secondary N) is 2. The molecule has 6 heterocycles. The number of nitrogens with zero attached hydrogens (tertiary/aromatic N) is 5. The number of pyridine rings is 1. The Morgan fingerprint density at radius 1 is 1.07 bits per heavy atom. The number of ether oxygens (including phenoxy) is 2. The Balaban J connectivity index is 1.33. The van der Waals surface area contributed by atoms with E-state index in [1.54, 1.807) is 30.6 Å². The Morgan fingerprint density at radius 3 is 2.63 bits per heavy atom. The lowest BCUT2D eigenvalue weighted by Gasteiger charge is -2.37. The maximum atomic E-state index is 13.9. The van der Waals surface area contributed by atoms with Gasteiger partial charge in [0.15, 0.2) is 0 Å². The second kappa shape index (κ2) is 13.9. The fourth-order valence-corrected chi connectivity index (χ4v) is 6.12. The SMILES string of the molecule is CC(C)(C)CC(=O)N1CCOCCOc2cccc(n2)C(=O)N[C@H]2C[C@@H](C(=O)N3CCC(CC3)C1)N(Cc1ncc[nH]1)C2. The van der Waals surface area contributed by atoms with Gasteiger partial charge in [-0.1, -0.05) is 26.8 Å². The smallest absolute Gasteiger partial charge is 0.270 e. The van der Waals surface area contributed by atoms with E-state index in [1.165, 1.54) is 0 Å². The first-order chi connectivity index (χ1) is 20.6. The second-order valence-corrected chi connectivity index (χ2v) is 13.1. The number of hydrogen-bond donors (Lipinski definition) is 2. The van der Waals surface area contributed by atoms with E-state index < -0.39 is 0 Å². The molecular formula is C31H45N7O5. The maximum absolute atomic E-state index is 13.9. The minimum Gasteiger partial charge on any atom is -0.475 e. The minimum atomic E-state index is -0.370. The van der Waals surface area contributed by atoms with Crippen molar-refractivity contribution in [3.63, 3.8) is 0 Å². The number of rotatable bonds is 3. The second-order valence-electron chi connectivity index (χ2n) is 13.1. The van der Waals surface area contributed by atoms with Crippen molar-refractivity contribution in [2.75, 3.05) is 52.5 Å². The maximum Gasteiger partial charge on any atom is 0.270 e. The third kappa shape index (κ3) is 8.54. The molecule has 0 unspecified atom stereocenters. The van der Waals surface area contributed by atoms with E-state index in [9.17, 15) is 14.4 Å². The van der Waals surface area contributed by atoms with Crippen LogP contribution in [-0.4, -0.2) is 112 Å². The zero-order valence-corrected chi connectivity index (χ0v) is 25.6. The van der Waals surface area contributed by atoms with E-state index in [2.05, 4.69) is 45.9 Å². The van der Waals surface area contributed by atoms with Crippen molar-refractivity contribution in [2.24, 2.45) is 11.3 Å². The van der Waals surface area contributed by atoms with Crippen molar-refractivity contribution in [2.45, 2.75) is 65.1 Å². The van der Waals surface area contributed by atoms with E-state index in [0.29, 0.717) is 77.1 Å². The van der Waals surface area contributed by atoms with Crippen LogP contribution < -0.4 is 10.1 Å². The van der Waals surface area contributed by atoms with Gasteiger partial charge in [-0.25, -0.2) is 9.97 Å². The average Bonchev–Trinajstić information content (AvgIpc) is 3.63. The number of amides is 3. The highest BCUT2D eigenvalue weighted by Crippen LogP contribution is 2.27. The Hall–Kier alpha value is -3.51. The molecule has 6 bridgehead atoms. The molecule has 2 N–H and O–H groups in total. The van der Waals surface area contributed by atoms with E-state index in [0.717, 1.165) is 18.7 Å². The Morgan fingerprint density at radius 2 is 1.88 bits per heavy atom. The Bertz CT molecular complexity index is 1240. The summed E-state index contributed by atoms with van der Waals surface area (Å²) in [6.07, 6.45) is 6.13. The van der Waals surface area contributed by atoms with Crippen LogP contribution in [0.25, 0.3) is 0 Å². The van der Waals surface area contributed by atoms with E-state index >= 15 is 0 Å². The molecule has 0 aliphatic carbocycles. The molecule has 0 saturated carbocycles. The largest absolute Gasteiger partial charge is 0.475 e. The lowest BCUT2D eigenvalue weighted by atomic mass is 9.90. The lowest BCUT2D eigenvalue weighted by molar-refractivity contribution is -0.139. The summed E-state index contributed by atoms with van der Waals surface area (Å²) in [5, 5.41) is 3.09. The molecule has 2 aromatic heterocycles. The fourth-order valence-electron chi connectivity index (χ4n) is 6.12. The van der Waals surface area contributed by atoms with Crippen LogP contribution in [0.4, 0.5) is 0 Å². The summed E-state index contributed by atoms with van der Waals surface area (Å²) in [5.74, 6) is 1.35. The predicted octanol–water partition coefficient (Wildman–Crippen LogP) is 2.09. The quantitative estimate of drug-likeness (QED) is 0.516. The summed E-state index contributed by atoms with van der Waals surface area (Å²) >= 11 is 0. The van der Waals surface area contributed by atoms with Gasteiger partial charge in [-0.15, -0.1) is 0 Å². The highest BCUT2D eigenvalue weighted by molar-refractivity contribution is 5.92. The van der Waals surface area contributed by atoms with Crippen LogP contribution in [0.15, 0.2) is 30.6 Å². The van der Waals surface area contributed by atoms with Gasteiger partial charge < -0.3 is 29.6 Å². The van der Waals surface area contributed by atoms with Gasteiger partial charge in [0.25, 0.3) is 5.91 Å². The number of likely N-dealkylation sites (tertiary alicyclic amines) is 1. The highest BCUT2D eigenvalue weighted by Gasteiger charge is 2.41. The zero-order valence-electron chi connectivity index (χ0n) is 25.6. The first-order valence-corrected chi connectivity index (χ1v) is 15.4. The van der Waals surface area contributed by atoms with Crippen LogP contribution >= 0.6 is 0 Å². The standard InChI is InChI=1S/C31H45N7O5/c1-31(2,3)18-28(39)37-13-14-42-15-16-43-27-6-4-5-24(35-27)29(40)34-23-17-25(38(20-23)21-26-32-9-10-33-26)30(41)36-11-7-22(19-37)8-12-36/h4-6,9-10,22-23,25H,7-8,11-21H2,1-3H3,(H,32,33)(H,34,40)/t23-,25-/m0/s1. The third-order valence-electron chi connectivity index (χ3n) is 8.31. The summed E-state index contributed by atoms with van der Waals surface area (Å²) < 4.78 is 11.6. The van der Waals surface area contributed by atoms with Crippen LogP contribution in [0.1, 0.15) is 62.8 Å². The molecule has 12 heteroatoms. The molecule has 234 valence electrons. The number of aromatic amines is 1.